The summed E-state index contributed by atoms with van der Waals surface area (Å²) in [4.78, 5) is 23.2. The third-order valence-corrected chi connectivity index (χ3v) is 5.79. The average Bonchev–Trinajstić information content (AvgIpc) is 3.28. The van der Waals surface area contributed by atoms with Crippen molar-refractivity contribution in [3.8, 4) is 5.75 Å². The second-order valence-corrected chi connectivity index (χ2v) is 10.6. The summed E-state index contributed by atoms with van der Waals surface area (Å²) in [5, 5.41) is 11.4. The highest BCUT2D eigenvalue weighted by Crippen LogP contribution is 2.31. The summed E-state index contributed by atoms with van der Waals surface area (Å²) < 4.78 is 81.8. The molecule has 1 heterocycles. The van der Waals surface area contributed by atoms with E-state index >= 15 is 0 Å². The predicted molar refractivity (Wildman–Crippen MR) is 123 cm³/mol. The van der Waals surface area contributed by atoms with E-state index in [4.69, 9.17) is 19.0 Å². The van der Waals surface area contributed by atoms with Gasteiger partial charge in [0, 0.05) is 18.0 Å². The molecular weight excluding hydrogens is 523 g/mol. The normalized spacial score (nSPS) is 14.0. The van der Waals surface area contributed by atoms with Gasteiger partial charge in [0.1, 0.15) is 11.4 Å². The number of carboxylic acids is 1. The molecule has 0 bridgehead atoms. The Morgan fingerprint density at radius 1 is 1.16 bits per heavy atom. The molecule has 2 N–H and O–H groups in total. The van der Waals surface area contributed by atoms with E-state index in [-0.39, 0.29) is 18.6 Å². The first kappa shape index (κ1) is 30.0. The molecule has 0 aliphatic heterocycles. The van der Waals surface area contributed by atoms with Crippen LogP contribution in [-0.4, -0.2) is 49.4 Å². The van der Waals surface area contributed by atoms with Gasteiger partial charge in [-0.3, -0.25) is 0 Å². The summed E-state index contributed by atoms with van der Waals surface area (Å²) in [5.41, 5.74) is -5.40. The predicted octanol–water partition coefficient (Wildman–Crippen LogP) is 4.35. The van der Waals surface area contributed by atoms with Gasteiger partial charge in [0.2, 0.25) is 0 Å². The molecule has 2 unspecified atom stereocenters. The molecule has 0 aliphatic carbocycles. The number of carboxylic acid groups (broad SMARTS) is 1. The monoisotopic (exact) mass is 551 g/mol. The van der Waals surface area contributed by atoms with E-state index in [0.29, 0.717) is 11.1 Å². The molecule has 0 saturated carbocycles. The van der Waals surface area contributed by atoms with Crippen molar-refractivity contribution in [1.29, 1.82) is 0 Å². The number of halogens is 3. The van der Waals surface area contributed by atoms with Crippen LogP contribution >= 0.6 is 0 Å². The molecule has 206 valence electrons. The Labute approximate surface area is 211 Å². The van der Waals surface area contributed by atoms with Crippen molar-refractivity contribution in [2.45, 2.75) is 63.8 Å². The van der Waals surface area contributed by atoms with Crippen molar-refractivity contribution in [3.63, 3.8) is 0 Å². The van der Waals surface area contributed by atoms with Crippen LogP contribution < -0.4 is 9.50 Å². The molecule has 37 heavy (non-hydrogen) atoms. The maximum absolute atomic E-state index is 12.9. The number of aliphatic carboxylic acids is 1. The highest BCUT2D eigenvalue weighted by atomic mass is 32.2. The first-order chi connectivity index (χ1) is 17.0. The second-order valence-electron chi connectivity index (χ2n) is 9.05. The summed E-state index contributed by atoms with van der Waals surface area (Å²) in [5.74, 6) is -2.21. The minimum atomic E-state index is -5.97. The Kier molecular flexibility index (Phi) is 9.60. The second kappa shape index (κ2) is 11.9. The number of carbonyl (C=O) groups excluding carboxylic acids is 1. The molecule has 0 saturated heterocycles. The van der Waals surface area contributed by atoms with Gasteiger partial charge in [-0.2, -0.15) is 21.6 Å². The van der Waals surface area contributed by atoms with Crippen LogP contribution in [0.25, 0.3) is 0 Å². The standard InChI is InChI=1S/C23H28F3NO9S/c1-14(20(28)29)34-13-18(16-7-8-33-12-16)10-15-5-6-19(36-37(31,32)23(24,25)26)17(9-15)11-27-21(30)35-22(2,3)4/h5-9,12,14,18H,10-11,13H2,1-4H3,(H,27,30)(H,28,29). The number of furan rings is 1. The van der Waals surface area contributed by atoms with Crippen molar-refractivity contribution in [3.05, 3.63) is 53.5 Å². The molecule has 0 aliphatic rings. The van der Waals surface area contributed by atoms with Gasteiger partial charge in [0.15, 0.2) is 6.10 Å². The number of rotatable bonds is 11. The molecule has 10 nitrogen and oxygen atoms in total. The molecule has 1 aromatic carbocycles. The lowest BCUT2D eigenvalue weighted by Crippen LogP contribution is -2.32. The topological polar surface area (TPSA) is 141 Å². The Balaban J connectivity index is 2.34. The summed E-state index contributed by atoms with van der Waals surface area (Å²) in [7, 11) is -5.97. The minimum Gasteiger partial charge on any atom is -0.479 e. The molecule has 1 aromatic heterocycles. The number of nitrogens with one attached hydrogen (secondary N) is 1. The third-order valence-electron chi connectivity index (χ3n) is 4.82. The molecule has 14 heteroatoms. The van der Waals surface area contributed by atoms with Gasteiger partial charge in [-0.25, -0.2) is 9.59 Å². The van der Waals surface area contributed by atoms with E-state index < -0.39 is 57.6 Å². The van der Waals surface area contributed by atoms with E-state index in [9.17, 15) is 31.2 Å². The van der Waals surface area contributed by atoms with E-state index in [0.717, 1.165) is 6.07 Å². The number of carbonyl (C=O) groups is 2. The fraction of sp³-hybridized carbons (Fsp3) is 0.478. The number of benzene rings is 1. The molecule has 0 fully saturated rings. The fourth-order valence-electron chi connectivity index (χ4n) is 3.02. The van der Waals surface area contributed by atoms with E-state index in [1.54, 1.807) is 26.8 Å². The first-order valence-corrected chi connectivity index (χ1v) is 12.3. The van der Waals surface area contributed by atoms with E-state index in [2.05, 4.69) is 9.50 Å². The zero-order valence-corrected chi connectivity index (χ0v) is 21.3. The third kappa shape index (κ3) is 9.28. The van der Waals surface area contributed by atoms with Crippen LogP contribution in [0.2, 0.25) is 0 Å². The molecule has 0 spiro atoms. The zero-order chi connectivity index (χ0) is 28.0. The Bertz CT molecular complexity index is 1170. The van der Waals surface area contributed by atoms with E-state index in [1.807, 2.05) is 0 Å². The zero-order valence-electron chi connectivity index (χ0n) is 20.5. The highest BCUT2D eigenvalue weighted by molar-refractivity contribution is 7.88. The summed E-state index contributed by atoms with van der Waals surface area (Å²) in [6, 6.07) is 5.41. The maximum atomic E-state index is 12.9. The van der Waals surface area contributed by atoms with Crippen molar-refractivity contribution in [2.24, 2.45) is 0 Å². The number of hydrogen-bond donors (Lipinski definition) is 2. The Hall–Kier alpha value is -3.26. The van der Waals surface area contributed by atoms with Crippen LogP contribution in [0.1, 0.15) is 50.3 Å². The lowest BCUT2D eigenvalue weighted by atomic mass is 9.93. The molecular formula is C23H28F3NO9S. The van der Waals surface area contributed by atoms with E-state index in [1.165, 1.54) is 31.6 Å². The van der Waals surface area contributed by atoms with Crippen LogP contribution in [0, 0.1) is 0 Å². The number of hydrogen-bond acceptors (Lipinski definition) is 8. The van der Waals surface area contributed by atoms with Gasteiger partial charge in [-0.1, -0.05) is 12.1 Å². The summed E-state index contributed by atoms with van der Waals surface area (Å²) >= 11 is 0. The van der Waals surface area contributed by atoms with Crippen LogP contribution in [0.3, 0.4) is 0 Å². The van der Waals surface area contributed by atoms with Gasteiger partial charge in [0.25, 0.3) is 0 Å². The lowest BCUT2D eigenvalue weighted by Gasteiger charge is -2.21. The van der Waals surface area contributed by atoms with Crippen molar-refractivity contribution >= 4 is 22.2 Å². The fourth-order valence-corrected chi connectivity index (χ4v) is 3.52. The van der Waals surface area contributed by atoms with Gasteiger partial charge in [0.05, 0.1) is 19.1 Å². The number of ether oxygens (including phenoxy) is 2. The summed E-state index contributed by atoms with van der Waals surface area (Å²) in [6.45, 7) is 5.76. The lowest BCUT2D eigenvalue weighted by molar-refractivity contribution is -0.149. The van der Waals surface area contributed by atoms with Gasteiger partial charge < -0.3 is 28.5 Å². The highest BCUT2D eigenvalue weighted by Gasteiger charge is 2.48. The summed E-state index contributed by atoms with van der Waals surface area (Å²) in [6.07, 6.45) is 1.09. The number of alkyl carbamates (subject to hydrolysis) is 1. The van der Waals surface area contributed by atoms with Gasteiger partial charge in [-0.15, -0.1) is 0 Å². The molecule has 2 rings (SSSR count). The largest absolute Gasteiger partial charge is 0.534 e. The number of amides is 1. The molecule has 1 amide bonds. The van der Waals surface area contributed by atoms with Crippen LogP contribution in [0.15, 0.2) is 41.2 Å². The number of alkyl halides is 3. The van der Waals surface area contributed by atoms with Gasteiger partial charge in [-0.05, 0) is 57.4 Å². The van der Waals surface area contributed by atoms with Crippen LogP contribution in [0.5, 0.6) is 5.75 Å². The molecule has 0 radical (unpaired) electrons. The first-order valence-electron chi connectivity index (χ1n) is 10.9. The van der Waals surface area contributed by atoms with Crippen molar-refractivity contribution in [2.75, 3.05) is 6.61 Å². The molecule has 2 atom stereocenters. The van der Waals surface area contributed by atoms with Crippen molar-refractivity contribution in [1.82, 2.24) is 5.32 Å². The Morgan fingerprint density at radius 2 is 1.84 bits per heavy atom. The molecule has 2 aromatic rings. The average molecular weight is 552 g/mol. The van der Waals surface area contributed by atoms with Crippen molar-refractivity contribution < 1.29 is 54.4 Å². The smallest absolute Gasteiger partial charge is 0.479 e. The Morgan fingerprint density at radius 3 is 2.38 bits per heavy atom. The van der Waals surface area contributed by atoms with Gasteiger partial charge >= 0.3 is 27.7 Å². The SMILES string of the molecule is CC(OCC(Cc1ccc(OS(=O)(=O)C(F)(F)F)c(CNC(=O)OC(C)(C)C)c1)c1ccoc1)C(=O)O. The van der Waals surface area contributed by atoms with Crippen LogP contribution in [0.4, 0.5) is 18.0 Å². The minimum absolute atomic E-state index is 0.0286. The maximum Gasteiger partial charge on any atom is 0.534 e. The quantitative estimate of drug-likeness (QED) is 0.308. The van der Waals surface area contributed by atoms with Crippen LogP contribution in [-0.2, 0) is 37.4 Å².